The summed E-state index contributed by atoms with van der Waals surface area (Å²) in [6.45, 7) is 0. The van der Waals surface area contributed by atoms with Gasteiger partial charge in [-0.05, 0) is 24.3 Å². The topological polar surface area (TPSA) is 39.2 Å². The van der Waals surface area contributed by atoms with Crippen molar-refractivity contribution >= 4 is 28.3 Å². The lowest BCUT2D eigenvalue weighted by Crippen LogP contribution is -1.99. The summed E-state index contributed by atoms with van der Waals surface area (Å²) in [6, 6.07) is 8.92. The van der Waals surface area contributed by atoms with Gasteiger partial charge in [-0.25, -0.2) is 4.98 Å². The van der Waals surface area contributed by atoms with Gasteiger partial charge in [-0.1, -0.05) is 0 Å². The number of hydrogen-bond donors (Lipinski definition) is 0. The molecule has 0 N–H and O–H groups in total. The number of carbonyl (C=O) groups is 1. The van der Waals surface area contributed by atoms with E-state index in [1.54, 1.807) is 31.4 Å². The Morgan fingerprint density at radius 2 is 2.19 bits per heavy atom. The highest BCUT2D eigenvalue weighted by Crippen LogP contribution is 2.18. The molecule has 0 saturated carbocycles. The van der Waals surface area contributed by atoms with Crippen molar-refractivity contribution in [2.24, 2.45) is 0 Å². The molecular weight excluding hydrogens is 226 g/mol. The third-order valence-corrected chi connectivity index (χ3v) is 2.56. The first-order valence-corrected chi connectivity index (χ1v) is 5.32. The van der Waals surface area contributed by atoms with Crippen LogP contribution >= 0.6 is 11.6 Å². The standard InChI is InChI=1S/C12H10ClNO2/c1-16-12-5-3-8-6-9(11(15)7-13)2-4-10(8)14-12/h2-6H,7H2,1H3. The van der Waals surface area contributed by atoms with Crippen LogP contribution in [-0.4, -0.2) is 23.8 Å². The molecule has 4 heteroatoms. The van der Waals surface area contributed by atoms with E-state index in [4.69, 9.17) is 16.3 Å². The lowest BCUT2D eigenvalue weighted by atomic mass is 10.1. The van der Waals surface area contributed by atoms with Gasteiger partial charge < -0.3 is 4.74 Å². The van der Waals surface area contributed by atoms with Crippen molar-refractivity contribution in [2.75, 3.05) is 13.0 Å². The van der Waals surface area contributed by atoms with Crippen LogP contribution < -0.4 is 4.74 Å². The van der Waals surface area contributed by atoms with E-state index in [0.29, 0.717) is 11.4 Å². The van der Waals surface area contributed by atoms with Gasteiger partial charge in [-0.2, -0.15) is 0 Å². The van der Waals surface area contributed by atoms with Crippen molar-refractivity contribution in [3.05, 3.63) is 35.9 Å². The van der Waals surface area contributed by atoms with Gasteiger partial charge >= 0.3 is 0 Å². The molecular formula is C12H10ClNO2. The summed E-state index contributed by atoms with van der Waals surface area (Å²) in [5.74, 6) is 0.470. The van der Waals surface area contributed by atoms with Crippen LogP contribution in [0.3, 0.4) is 0 Å². The van der Waals surface area contributed by atoms with Crippen molar-refractivity contribution in [3.8, 4) is 5.88 Å². The second-order valence-electron chi connectivity index (χ2n) is 3.32. The van der Waals surface area contributed by atoms with Crippen LogP contribution in [0.15, 0.2) is 30.3 Å². The third-order valence-electron chi connectivity index (χ3n) is 2.32. The summed E-state index contributed by atoms with van der Waals surface area (Å²) < 4.78 is 5.02. The maximum atomic E-state index is 11.4. The van der Waals surface area contributed by atoms with Crippen molar-refractivity contribution in [2.45, 2.75) is 0 Å². The highest BCUT2D eigenvalue weighted by Gasteiger charge is 2.05. The van der Waals surface area contributed by atoms with E-state index in [0.717, 1.165) is 10.9 Å². The van der Waals surface area contributed by atoms with Gasteiger partial charge in [0.15, 0.2) is 5.78 Å². The predicted octanol–water partition coefficient (Wildman–Crippen LogP) is 2.66. The van der Waals surface area contributed by atoms with Gasteiger partial charge in [0.25, 0.3) is 0 Å². The number of carbonyl (C=O) groups excluding carboxylic acids is 1. The highest BCUT2D eigenvalue weighted by molar-refractivity contribution is 6.30. The number of aromatic nitrogens is 1. The zero-order chi connectivity index (χ0) is 11.5. The minimum atomic E-state index is -0.0839. The Balaban J connectivity index is 2.51. The fraction of sp³-hybridized carbons (Fsp3) is 0.167. The van der Waals surface area contributed by atoms with Crippen LogP contribution in [0.5, 0.6) is 5.88 Å². The maximum absolute atomic E-state index is 11.4. The number of rotatable bonds is 3. The Kier molecular flexibility index (Phi) is 3.06. The summed E-state index contributed by atoms with van der Waals surface area (Å²) in [4.78, 5) is 15.7. The van der Waals surface area contributed by atoms with E-state index in [9.17, 15) is 4.79 Å². The Hall–Kier alpha value is -1.61. The van der Waals surface area contributed by atoms with E-state index >= 15 is 0 Å². The van der Waals surface area contributed by atoms with E-state index in [1.807, 2.05) is 6.07 Å². The van der Waals surface area contributed by atoms with Crippen molar-refractivity contribution < 1.29 is 9.53 Å². The predicted molar refractivity (Wildman–Crippen MR) is 63.3 cm³/mol. The van der Waals surface area contributed by atoms with E-state index in [-0.39, 0.29) is 11.7 Å². The van der Waals surface area contributed by atoms with E-state index < -0.39 is 0 Å². The first-order chi connectivity index (χ1) is 7.74. The van der Waals surface area contributed by atoms with Gasteiger partial charge in [0.1, 0.15) is 0 Å². The summed E-state index contributed by atoms with van der Waals surface area (Å²) in [6.07, 6.45) is 0. The molecule has 0 aliphatic rings. The number of fused-ring (bicyclic) bond motifs is 1. The lowest BCUT2D eigenvalue weighted by Gasteiger charge is -2.03. The van der Waals surface area contributed by atoms with Crippen LogP contribution in [0, 0.1) is 0 Å². The lowest BCUT2D eigenvalue weighted by molar-refractivity contribution is 0.102. The molecule has 3 nitrogen and oxygen atoms in total. The summed E-state index contributed by atoms with van der Waals surface area (Å²) in [5.41, 5.74) is 1.40. The molecule has 16 heavy (non-hydrogen) atoms. The van der Waals surface area contributed by atoms with E-state index in [2.05, 4.69) is 4.98 Å². The fourth-order valence-corrected chi connectivity index (χ4v) is 1.63. The minimum absolute atomic E-state index is 0.00487. The number of methoxy groups -OCH3 is 1. The summed E-state index contributed by atoms with van der Waals surface area (Å²) >= 11 is 5.50. The maximum Gasteiger partial charge on any atom is 0.213 e. The van der Waals surface area contributed by atoms with Crippen LogP contribution in [0.25, 0.3) is 10.9 Å². The van der Waals surface area contributed by atoms with Crippen molar-refractivity contribution in [1.29, 1.82) is 0 Å². The van der Waals surface area contributed by atoms with Gasteiger partial charge in [-0.3, -0.25) is 4.79 Å². The number of ketones is 1. The molecule has 0 radical (unpaired) electrons. The molecule has 0 unspecified atom stereocenters. The van der Waals surface area contributed by atoms with Gasteiger partial charge in [-0.15, -0.1) is 11.6 Å². The monoisotopic (exact) mass is 235 g/mol. The van der Waals surface area contributed by atoms with Gasteiger partial charge in [0.2, 0.25) is 5.88 Å². The summed E-state index contributed by atoms with van der Waals surface area (Å²) in [5, 5.41) is 0.900. The van der Waals surface area contributed by atoms with Crippen LogP contribution in [0.4, 0.5) is 0 Å². The normalized spacial score (nSPS) is 10.4. The van der Waals surface area contributed by atoms with E-state index in [1.165, 1.54) is 0 Å². The van der Waals surface area contributed by atoms with Crippen LogP contribution in [0.1, 0.15) is 10.4 Å². The van der Waals surface area contributed by atoms with Crippen molar-refractivity contribution in [3.63, 3.8) is 0 Å². The third kappa shape index (κ3) is 1.99. The molecule has 1 aromatic heterocycles. The number of alkyl halides is 1. The molecule has 0 saturated heterocycles. The number of nitrogens with zero attached hydrogens (tertiary/aromatic N) is 1. The highest BCUT2D eigenvalue weighted by atomic mass is 35.5. The quantitative estimate of drug-likeness (QED) is 0.607. The largest absolute Gasteiger partial charge is 0.481 e. The molecule has 0 aliphatic heterocycles. The molecule has 82 valence electrons. The number of pyridine rings is 1. The summed E-state index contributed by atoms with van der Waals surface area (Å²) in [7, 11) is 1.57. The number of ether oxygens (including phenoxy) is 1. The zero-order valence-corrected chi connectivity index (χ0v) is 9.49. The van der Waals surface area contributed by atoms with Crippen molar-refractivity contribution in [1.82, 2.24) is 4.98 Å². The fourth-order valence-electron chi connectivity index (χ4n) is 1.47. The molecule has 0 spiro atoms. The smallest absolute Gasteiger partial charge is 0.213 e. The second-order valence-corrected chi connectivity index (χ2v) is 3.59. The number of hydrogen-bond acceptors (Lipinski definition) is 3. The first-order valence-electron chi connectivity index (χ1n) is 4.78. The Bertz CT molecular complexity index is 540. The number of halogens is 1. The second kappa shape index (κ2) is 4.49. The SMILES string of the molecule is COc1ccc2cc(C(=O)CCl)ccc2n1. The first kappa shape index (κ1) is 10.9. The molecule has 0 amide bonds. The molecule has 2 rings (SSSR count). The molecule has 1 heterocycles. The molecule has 2 aromatic rings. The number of benzene rings is 1. The molecule has 1 aromatic carbocycles. The average Bonchev–Trinajstić information content (AvgIpc) is 2.36. The Labute approximate surface area is 98.0 Å². The molecule has 0 aliphatic carbocycles. The Morgan fingerprint density at radius 1 is 1.38 bits per heavy atom. The number of Topliss-reactive ketones (excluding diaryl/α,β-unsaturated/α-hetero) is 1. The average molecular weight is 236 g/mol. The molecule has 0 fully saturated rings. The van der Waals surface area contributed by atoms with Crippen LogP contribution in [0.2, 0.25) is 0 Å². The zero-order valence-electron chi connectivity index (χ0n) is 8.74. The van der Waals surface area contributed by atoms with Crippen LogP contribution in [-0.2, 0) is 0 Å². The van der Waals surface area contributed by atoms with Gasteiger partial charge in [0.05, 0.1) is 18.5 Å². The minimum Gasteiger partial charge on any atom is -0.481 e. The molecule has 0 atom stereocenters. The van der Waals surface area contributed by atoms with Gasteiger partial charge in [0, 0.05) is 17.0 Å². The molecule has 0 bridgehead atoms. The Morgan fingerprint density at radius 3 is 2.88 bits per heavy atom.